The summed E-state index contributed by atoms with van der Waals surface area (Å²) in [5.74, 6) is 0. The number of hydrogen-bond acceptors (Lipinski definition) is 4. The Kier molecular flexibility index (Phi) is 5.46. The first-order valence-corrected chi connectivity index (χ1v) is 8.73. The summed E-state index contributed by atoms with van der Waals surface area (Å²) in [5, 5.41) is 11.7. The van der Waals surface area contributed by atoms with Gasteiger partial charge in [-0.25, -0.2) is 8.42 Å². The van der Waals surface area contributed by atoms with Gasteiger partial charge in [0.2, 0.25) is 0 Å². The highest BCUT2D eigenvalue weighted by molar-refractivity contribution is 7.94. The maximum absolute atomic E-state index is 12.1. The van der Waals surface area contributed by atoms with Crippen molar-refractivity contribution in [2.45, 2.75) is 24.2 Å². The molecule has 0 unspecified atom stereocenters. The molecule has 1 saturated heterocycles. The van der Waals surface area contributed by atoms with Crippen molar-refractivity contribution in [3.63, 3.8) is 0 Å². The zero-order valence-electron chi connectivity index (χ0n) is 12.1. The first-order chi connectivity index (χ1) is 10.5. The second-order valence-electron chi connectivity index (χ2n) is 5.20. The van der Waals surface area contributed by atoms with Crippen molar-refractivity contribution in [2.24, 2.45) is 0 Å². The predicted molar refractivity (Wildman–Crippen MR) is 83.1 cm³/mol. The van der Waals surface area contributed by atoms with Gasteiger partial charge in [-0.15, -0.1) is 0 Å². The molecule has 0 spiro atoms. The van der Waals surface area contributed by atoms with E-state index in [0.29, 0.717) is 0 Å². The van der Waals surface area contributed by atoms with E-state index in [2.05, 4.69) is 0 Å². The van der Waals surface area contributed by atoms with Gasteiger partial charge in [-0.2, -0.15) is 0 Å². The first-order valence-electron chi connectivity index (χ1n) is 7.18. The van der Waals surface area contributed by atoms with Crippen LogP contribution in [0.25, 0.3) is 0 Å². The van der Waals surface area contributed by atoms with E-state index in [9.17, 15) is 18.5 Å². The van der Waals surface area contributed by atoms with Crippen LogP contribution in [0.15, 0.2) is 52.9 Å². The lowest BCUT2D eigenvalue weighted by atomic mass is 10.1. The molecule has 1 heterocycles. The van der Waals surface area contributed by atoms with Gasteiger partial charge in [-0.3, -0.25) is 10.1 Å². The van der Waals surface area contributed by atoms with Crippen LogP contribution in [0.4, 0.5) is 5.69 Å². The van der Waals surface area contributed by atoms with Crippen molar-refractivity contribution in [1.82, 2.24) is 0 Å². The van der Waals surface area contributed by atoms with Crippen LogP contribution in [0.3, 0.4) is 0 Å². The summed E-state index contributed by atoms with van der Waals surface area (Å²) in [6, 6.07) is 4.87. The van der Waals surface area contributed by atoms with E-state index in [4.69, 9.17) is 0 Å². The van der Waals surface area contributed by atoms with Gasteiger partial charge in [0.05, 0.1) is 29.1 Å². The number of nitro groups is 1. The molecule has 1 aromatic carbocycles. The first kappa shape index (κ1) is 16.4. The minimum atomic E-state index is -3.57. The van der Waals surface area contributed by atoms with Crippen LogP contribution in [0.5, 0.6) is 0 Å². The Balaban J connectivity index is 2.01. The van der Waals surface area contributed by atoms with Crippen molar-refractivity contribution in [2.75, 3.05) is 13.1 Å². The van der Waals surface area contributed by atoms with Crippen LogP contribution < -0.4 is 4.90 Å². The average molecular weight is 323 g/mol. The summed E-state index contributed by atoms with van der Waals surface area (Å²) in [6.07, 6.45) is 8.87. The van der Waals surface area contributed by atoms with E-state index in [1.165, 1.54) is 54.5 Å². The monoisotopic (exact) mass is 323 g/mol. The quantitative estimate of drug-likeness (QED) is 0.505. The lowest BCUT2D eigenvalue weighted by Crippen LogP contribution is -3.08. The third-order valence-corrected chi connectivity index (χ3v) is 5.02. The number of quaternary nitrogens is 1. The zero-order valence-corrected chi connectivity index (χ0v) is 13.0. The molecule has 0 atom stereocenters. The summed E-state index contributed by atoms with van der Waals surface area (Å²) in [5.41, 5.74) is -0.128. The van der Waals surface area contributed by atoms with E-state index in [1.807, 2.05) is 6.20 Å². The minimum absolute atomic E-state index is 0.0491. The van der Waals surface area contributed by atoms with Gasteiger partial charge in [0.1, 0.15) is 0 Å². The van der Waals surface area contributed by atoms with Gasteiger partial charge in [0.15, 0.2) is 9.84 Å². The molecule has 2 rings (SSSR count). The number of likely N-dealkylation sites (tertiary alicyclic amines) is 1. The lowest BCUT2D eigenvalue weighted by Gasteiger charge is -2.18. The molecule has 0 saturated carbocycles. The number of nitro benzene ring substituents is 1. The molecule has 1 aliphatic rings. The maximum atomic E-state index is 12.1. The average Bonchev–Trinajstić information content (AvgIpc) is 2.53. The fraction of sp³-hybridized carbons (Fsp3) is 0.333. The molecule has 22 heavy (non-hydrogen) atoms. The largest absolute Gasteiger partial charge is 0.309 e. The van der Waals surface area contributed by atoms with Crippen molar-refractivity contribution in [3.05, 3.63) is 58.1 Å². The number of sulfone groups is 1. The number of nitrogens with zero attached hydrogens (tertiary/aromatic N) is 1. The SMILES string of the molecule is O=[N+]([O-])c1ccc(S(=O)(=O)C=CC=C[NH+]2CCCCC2)cc1. The predicted octanol–water partition coefficient (Wildman–Crippen LogP) is 1.46. The molecule has 0 radical (unpaired) electrons. The standard InChI is InChI=1S/C15H18N2O4S/c18-17(19)14-6-8-15(9-7-14)22(20,21)13-5-4-12-16-10-2-1-3-11-16/h4-9,12-13H,1-3,10-11H2/p+1. The van der Waals surface area contributed by atoms with Gasteiger partial charge >= 0.3 is 0 Å². The van der Waals surface area contributed by atoms with Crippen LogP contribution in [0.2, 0.25) is 0 Å². The van der Waals surface area contributed by atoms with Crippen molar-refractivity contribution in [1.29, 1.82) is 0 Å². The molecule has 6 nitrogen and oxygen atoms in total. The number of piperidine rings is 1. The smallest absolute Gasteiger partial charge is 0.269 e. The Bertz CT molecular complexity index is 672. The van der Waals surface area contributed by atoms with Crippen LogP contribution >= 0.6 is 0 Å². The van der Waals surface area contributed by atoms with Crippen LogP contribution in [0.1, 0.15) is 19.3 Å². The molecule has 1 N–H and O–H groups in total. The molecular weight excluding hydrogens is 304 g/mol. The molecule has 0 aromatic heterocycles. The fourth-order valence-corrected chi connectivity index (χ4v) is 3.32. The highest BCUT2D eigenvalue weighted by Gasteiger charge is 2.13. The molecule has 0 bridgehead atoms. The Morgan fingerprint density at radius 1 is 1.05 bits per heavy atom. The number of nitrogens with one attached hydrogen (secondary N) is 1. The summed E-state index contributed by atoms with van der Waals surface area (Å²) in [7, 11) is -3.57. The highest BCUT2D eigenvalue weighted by Crippen LogP contribution is 2.17. The molecule has 0 amide bonds. The highest BCUT2D eigenvalue weighted by atomic mass is 32.2. The topological polar surface area (TPSA) is 81.7 Å². The Hall–Kier alpha value is -1.99. The van der Waals surface area contributed by atoms with Crippen molar-refractivity contribution < 1.29 is 18.2 Å². The molecule has 1 aromatic rings. The van der Waals surface area contributed by atoms with E-state index in [1.54, 1.807) is 6.08 Å². The van der Waals surface area contributed by atoms with Gasteiger partial charge in [-0.1, -0.05) is 0 Å². The van der Waals surface area contributed by atoms with Gasteiger partial charge in [0, 0.05) is 17.5 Å². The number of non-ortho nitro benzene ring substituents is 1. The van der Waals surface area contributed by atoms with Crippen molar-refractivity contribution in [3.8, 4) is 0 Å². The summed E-state index contributed by atoms with van der Waals surface area (Å²) >= 11 is 0. The Morgan fingerprint density at radius 2 is 1.68 bits per heavy atom. The fourth-order valence-electron chi connectivity index (χ4n) is 2.35. The van der Waals surface area contributed by atoms with E-state index < -0.39 is 14.8 Å². The third kappa shape index (κ3) is 4.51. The second kappa shape index (κ2) is 7.33. The molecule has 1 aliphatic heterocycles. The summed E-state index contributed by atoms with van der Waals surface area (Å²) in [6.45, 7) is 2.17. The number of rotatable bonds is 5. The van der Waals surface area contributed by atoms with E-state index >= 15 is 0 Å². The van der Waals surface area contributed by atoms with E-state index in [0.717, 1.165) is 18.5 Å². The second-order valence-corrected chi connectivity index (χ2v) is 7.04. The van der Waals surface area contributed by atoms with E-state index in [-0.39, 0.29) is 10.6 Å². The normalized spacial score (nSPS) is 17.3. The molecule has 7 heteroatoms. The van der Waals surface area contributed by atoms with Crippen LogP contribution in [-0.2, 0) is 9.84 Å². The molecule has 0 aliphatic carbocycles. The molecule has 1 fully saturated rings. The van der Waals surface area contributed by atoms with Crippen LogP contribution in [0, 0.1) is 10.1 Å². The van der Waals surface area contributed by atoms with Crippen molar-refractivity contribution >= 4 is 15.5 Å². The maximum Gasteiger partial charge on any atom is 0.269 e. The summed E-state index contributed by atoms with van der Waals surface area (Å²) < 4.78 is 24.1. The number of hydrogen-bond donors (Lipinski definition) is 1. The minimum Gasteiger partial charge on any atom is -0.309 e. The lowest BCUT2D eigenvalue weighted by molar-refractivity contribution is -0.852. The Morgan fingerprint density at radius 3 is 2.27 bits per heavy atom. The van der Waals surface area contributed by atoms with Gasteiger partial charge < -0.3 is 4.90 Å². The number of benzene rings is 1. The third-order valence-electron chi connectivity index (χ3n) is 3.57. The number of allylic oxidation sites excluding steroid dienone is 2. The summed E-state index contributed by atoms with van der Waals surface area (Å²) in [4.78, 5) is 11.4. The van der Waals surface area contributed by atoms with Crippen LogP contribution in [-0.4, -0.2) is 26.4 Å². The van der Waals surface area contributed by atoms with Gasteiger partial charge in [0.25, 0.3) is 5.69 Å². The molecule has 118 valence electrons. The molecular formula is C15H19N2O4S+. The Labute approximate surface area is 129 Å². The van der Waals surface area contributed by atoms with Gasteiger partial charge in [-0.05, 0) is 43.5 Å². The zero-order chi connectivity index (χ0) is 16.0.